The second-order valence-corrected chi connectivity index (χ2v) is 9.23. The Hall–Kier alpha value is -3.03. The Kier molecular flexibility index (Phi) is 6.97. The molecule has 3 heterocycles. The highest BCUT2D eigenvalue weighted by Crippen LogP contribution is 2.26. The Morgan fingerprint density at radius 2 is 1.69 bits per heavy atom. The summed E-state index contributed by atoms with van der Waals surface area (Å²) in [6.07, 6.45) is 3.61. The number of piperazine rings is 1. The maximum absolute atomic E-state index is 13.1. The molecule has 32 heavy (non-hydrogen) atoms. The van der Waals surface area contributed by atoms with Gasteiger partial charge in [0.15, 0.2) is 0 Å². The largest absolute Gasteiger partial charge is 0.336 e. The van der Waals surface area contributed by atoms with Crippen molar-refractivity contribution in [2.45, 2.75) is 26.3 Å². The summed E-state index contributed by atoms with van der Waals surface area (Å²) in [4.78, 5) is 34.1. The van der Waals surface area contributed by atoms with Crippen LogP contribution in [0, 0.1) is 0 Å². The number of nitrogens with one attached hydrogen (secondary N) is 1. The number of benzene rings is 1. The molecular weight excluding hydrogens is 420 g/mol. The number of aromatic nitrogens is 1. The molecule has 2 aromatic heterocycles. The molecule has 0 unspecified atom stereocenters. The third-order valence-electron chi connectivity index (χ3n) is 5.78. The summed E-state index contributed by atoms with van der Waals surface area (Å²) in [5.41, 5.74) is 3.57. The molecule has 0 radical (unpaired) electrons. The van der Waals surface area contributed by atoms with Crippen molar-refractivity contribution in [3.05, 3.63) is 82.5 Å². The molecule has 0 spiro atoms. The molecule has 7 heteroatoms. The predicted octanol–water partition coefficient (Wildman–Crippen LogP) is 4.48. The fourth-order valence-electron chi connectivity index (χ4n) is 3.79. The zero-order valence-corrected chi connectivity index (χ0v) is 19.3. The monoisotopic (exact) mass is 448 g/mol. The van der Waals surface area contributed by atoms with Crippen LogP contribution in [-0.2, 0) is 6.54 Å². The lowest BCUT2D eigenvalue weighted by molar-refractivity contribution is 0.0630. The van der Waals surface area contributed by atoms with Crippen LogP contribution < -0.4 is 5.32 Å². The molecule has 1 fully saturated rings. The van der Waals surface area contributed by atoms with Crippen molar-refractivity contribution in [2.75, 3.05) is 31.5 Å². The van der Waals surface area contributed by atoms with E-state index in [2.05, 4.69) is 29.0 Å². The minimum atomic E-state index is -0.195. The third kappa shape index (κ3) is 5.23. The van der Waals surface area contributed by atoms with Gasteiger partial charge in [0, 0.05) is 50.7 Å². The fourth-order valence-corrected chi connectivity index (χ4v) is 4.57. The van der Waals surface area contributed by atoms with Gasteiger partial charge in [-0.25, -0.2) is 0 Å². The highest BCUT2D eigenvalue weighted by Gasteiger charge is 2.25. The average Bonchev–Trinajstić information content (AvgIpc) is 3.28. The first-order valence-electron chi connectivity index (χ1n) is 10.9. The number of rotatable bonds is 6. The van der Waals surface area contributed by atoms with E-state index in [0.717, 1.165) is 19.6 Å². The Balaban J connectivity index is 1.35. The summed E-state index contributed by atoms with van der Waals surface area (Å²) in [6, 6.07) is 13.5. The molecule has 1 N–H and O–H groups in total. The van der Waals surface area contributed by atoms with Gasteiger partial charge in [0.2, 0.25) is 0 Å². The van der Waals surface area contributed by atoms with Crippen molar-refractivity contribution < 1.29 is 9.59 Å². The maximum Gasteiger partial charge on any atom is 0.256 e. The van der Waals surface area contributed by atoms with E-state index in [0.29, 0.717) is 35.1 Å². The summed E-state index contributed by atoms with van der Waals surface area (Å²) < 4.78 is 0. The van der Waals surface area contributed by atoms with Gasteiger partial charge in [0.05, 0.1) is 5.56 Å². The molecule has 0 aliphatic carbocycles. The highest BCUT2D eigenvalue weighted by atomic mass is 32.1. The molecule has 0 saturated carbocycles. The number of pyridine rings is 1. The highest BCUT2D eigenvalue weighted by molar-refractivity contribution is 7.14. The summed E-state index contributed by atoms with van der Waals surface area (Å²) in [5.74, 6) is 0.193. The Bertz CT molecular complexity index is 1060. The van der Waals surface area contributed by atoms with Crippen LogP contribution in [0.25, 0.3) is 0 Å². The van der Waals surface area contributed by atoms with E-state index in [1.165, 1.54) is 22.5 Å². The van der Waals surface area contributed by atoms with Gasteiger partial charge in [0.25, 0.3) is 11.8 Å². The van der Waals surface area contributed by atoms with Crippen molar-refractivity contribution in [3.63, 3.8) is 0 Å². The topological polar surface area (TPSA) is 65.5 Å². The van der Waals surface area contributed by atoms with Crippen LogP contribution in [0.15, 0.2) is 60.2 Å². The molecule has 1 aliphatic rings. The van der Waals surface area contributed by atoms with Gasteiger partial charge in [-0.05, 0) is 52.8 Å². The van der Waals surface area contributed by atoms with Gasteiger partial charge >= 0.3 is 0 Å². The van der Waals surface area contributed by atoms with Gasteiger partial charge < -0.3 is 10.2 Å². The van der Waals surface area contributed by atoms with E-state index >= 15 is 0 Å². The molecule has 1 aliphatic heterocycles. The molecule has 4 rings (SSSR count). The number of carbonyl (C=O) groups excluding carboxylic acids is 2. The van der Waals surface area contributed by atoms with Crippen molar-refractivity contribution in [3.8, 4) is 0 Å². The number of amides is 2. The van der Waals surface area contributed by atoms with Gasteiger partial charge in [0.1, 0.15) is 5.00 Å². The lowest BCUT2D eigenvalue weighted by Gasteiger charge is -2.34. The standard InChI is InChI=1S/C25H28N4O2S/c1-18(2)20-3-5-21(6-4-20)23(30)27-24-22(9-16-32-24)25(31)29-14-12-28(13-15-29)17-19-7-10-26-11-8-19/h3-11,16,18H,12-15,17H2,1-2H3,(H,27,30). The predicted molar refractivity (Wildman–Crippen MR) is 128 cm³/mol. The summed E-state index contributed by atoms with van der Waals surface area (Å²) in [6.45, 7) is 8.09. The van der Waals surface area contributed by atoms with E-state index in [9.17, 15) is 9.59 Å². The van der Waals surface area contributed by atoms with Gasteiger partial charge in [-0.2, -0.15) is 0 Å². The number of carbonyl (C=O) groups is 2. The molecule has 1 saturated heterocycles. The molecule has 166 valence electrons. The summed E-state index contributed by atoms with van der Waals surface area (Å²) >= 11 is 1.38. The van der Waals surface area contributed by atoms with Crippen LogP contribution in [0.2, 0.25) is 0 Å². The molecule has 0 atom stereocenters. The number of hydrogen-bond donors (Lipinski definition) is 1. The van der Waals surface area contributed by atoms with Crippen LogP contribution in [0.4, 0.5) is 5.00 Å². The van der Waals surface area contributed by atoms with Crippen molar-refractivity contribution in [1.82, 2.24) is 14.8 Å². The first-order chi connectivity index (χ1) is 15.5. The molecular formula is C25H28N4O2S. The minimum Gasteiger partial charge on any atom is -0.336 e. The molecule has 1 aromatic carbocycles. The zero-order chi connectivity index (χ0) is 22.5. The Morgan fingerprint density at radius 1 is 1.00 bits per heavy atom. The number of anilines is 1. The van der Waals surface area contributed by atoms with Gasteiger partial charge in [-0.3, -0.25) is 19.5 Å². The van der Waals surface area contributed by atoms with Crippen molar-refractivity contribution in [1.29, 1.82) is 0 Å². The normalized spacial score (nSPS) is 14.5. The summed E-state index contributed by atoms with van der Waals surface area (Å²) in [5, 5.41) is 5.39. The number of thiophene rings is 1. The minimum absolute atomic E-state index is 0.0275. The van der Waals surface area contributed by atoms with Crippen LogP contribution in [0.1, 0.15) is 51.6 Å². The quantitative estimate of drug-likeness (QED) is 0.604. The Morgan fingerprint density at radius 3 is 2.34 bits per heavy atom. The van der Waals surface area contributed by atoms with E-state index < -0.39 is 0 Å². The van der Waals surface area contributed by atoms with Gasteiger partial charge in [-0.1, -0.05) is 26.0 Å². The lowest BCUT2D eigenvalue weighted by atomic mass is 10.0. The van der Waals surface area contributed by atoms with Crippen LogP contribution in [-0.4, -0.2) is 52.8 Å². The van der Waals surface area contributed by atoms with E-state index in [1.54, 1.807) is 18.5 Å². The van der Waals surface area contributed by atoms with Crippen LogP contribution in [0.5, 0.6) is 0 Å². The maximum atomic E-state index is 13.1. The average molecular weight is 449 g/mol. The SMILES string of the molecule is CC(C)c1ccc(C(=O)Nc2sccc2C(=O)N2CCN(Cc3ccncc3)CC2)cc1. The summed E-state index contributed by atoms with van der Waals surface area (Å²) in [7, 11) is 0. The van der Waals surface area contributed by atoms with Crippen molar-refractivity contribution >= 4 is 28.2 Å². The van der Waals surface area contributed by atoms with Crippen molar-refractivity contribution in [2.24, 2.45) is 0 Å². The lowest BCUT2D eigenvalue weighted by Crippen LogP contribution is -2.48. The van der Waals surface area contributed by atoms with E-state index in [4.69, 9.17) is 0 Å². The second-order valence-electron chi connectivity index (χ2n) is 8.32. The van der Waals surface area contributed by atoms with Crippen LogP contribution in [0.3, 0.4) is 0 Å². The fraction of sp³-hybridized carbons (Fsp3) is 0.320. The van der Waals surface area contributed by atoms with Gasteiger partial charge in [-0.15, -0.1) is 11.3 Å². The zero-order valence-electron chi connectivity index (χ0n) is 18.5. The smallest absolute Gasteiger partial charge is 0.256 e. The number of hydrogen-bond acceptors (Lipinski definition) is 5. The van der Waals surface area contributed by atoms with E-state index in [-0.39, 0.29) is 11.8 Å². The first-order valence-corrected chi connectivity index (χ1v) is 11.8. The molecule has 3 aromatic rings. The first kappa shape index (κ1) is 22.2. The van der Waals surface area contributed by atoms with Crippen LogP contribution >= 0.6 is 11.3 Å². The second kappa shape index (κ2) is 10.1. The Labute approximate surface area is 192 Å². The third-order valence-corrected chi connectivity index (χ3v) is 6.61. The molecule has 6 nitrogen and oxygen atoms in total. The van der Waals surface area contributed by atoms with E-state index in [1.807, 2.05) is 46.7 Å². The number of nitrogens with zero attached hydrogens (tertiary/aromatic N) is 3. The molecule has 0 bridgehead atoms. The molecule has 2 amide bonds.